The van der Waals surface area contributed by atoms with Crippen molar-refractivity contribution >= 4 is 12.1 Å². The van der Waals surface area contributed by atoms with Crippen molar-refractivity contribution in [1.29, 1.82) is 0 Å². The summed E-state index contributed by atoms with van der Waals surface area (Å²) < 4.78 is 10.8. The Kier molecular flexibility index (Phi) is 5.55. The molecule has 2 rings (SSSR count). The fourth-order valence-electron chi connectivity index (χ4n) is 3.90. The second kappa shape index (κ2) is 7.07. The largest absolute Gasteiger partial charge is 0.480 e. The number of rotatable bonds is 3. The third kappa shape index (κ3) is 4.37. The van der Waals surface area contributed by atoms with Gasteiger partial charge in [0.25, 0.3) is 0 Å². The quantitative estimate of drug-likeness (QED) is 0.862. The van der Waals surface area contributed by atoms with Crippen molar-refractivity contribution < 1.29 is 24.2 Å². The van der Waals surface area contributed by atoms with Gasteiger partial charge in [0.2, 0.25) is 0 Å². The number of amides is 1. The zero-order valence-corrected chi connectivity index (χ0v) is 14.6. The Morgan fingerprint density at radius 1 is 1.09 bits per heavy atom. The number of carboxylic acid groups (broad SMARTS) is 1. The standard InChI is InChI=1S/C17H29NO5/c1-17(2,3)23-16(21)18-10-9-13(14(18)15(19)20)11-5-7-12(22-4)8-6-11/h11-14H,5-10H2,1-4H3,(H,19,20)/t11-,12-,13-,14-/m0/s1. The fourth-order valence-corrected chi connectivity index (χ4v) is 3.90. The Morgan fingerprint density at radius 3 is 2.17 bits per heavy atom. The van der Waals surface area contributed by atoms with Crippen LogP contribution in [0.4, 0.5) is 4.79 Å². The smallest absolute Gasteiger partial charge is 0.411 e. The molecule has 6 nitrogen and oxygen atoms in total. The zero-order valence-electron chi connectivity index (χ0n) is 14.6. The summed E-state index contributed by atoms with van der Waals surface area (Å²) in [7, 11) is 1.73. The molecule has 6 heteroatoms. The fraction of sp³-hybridized carbons (Fsp3) is 0.882. The maximum atomic E-state index is 12.3. The number of carbonyl (C=O) groups excluding carboxylic acids is 1. The number of nitrogens with zero attached hydrogens (tertiary/aromatic N) is 1. The second-order valence-electron chi connectivity index (χ2n) is 7.68. The molecule has 1 saturated carbocycles. The minimum Gasteiger partial charge on any atom is -0.480 e. The van der Waals surface area contributed by atoms with Gasteiger partial charge < -0.3 is 14.6 Å². The second-order valence-corrected chi connectivity index (χ2v) is 7.68. The van der Waals surface area contributed by atoms with Crippen molar-refractivity contribution in [1.82, 2.24) is 4.90 Å². The molecule has 0 aromatic heterocycles. The molecule has 0 unspecified atom stereocenters. The number of carbonyl (C=O) groups is 2. The van der Waals surface area contributed by atoms with Crippen molar-refractivity contribution in [2.45, 2.75) is 70.6 Å². The van der Waals surface area contributed by atoms with Crippen LogP contribution in [0.1, 0.15) is 52.9 Å². The summed E-state index contributed by atoms with van der Waals surface area (Å²) in [5, 5.41) is 9.66. The van der Waals surface area contributed by atoms with Gasteiger partial charge in [-0.05, 0) is 64.7 Å². The molecule has 1 aliphatic carbocycles. The Hall–Kier alpha value is -1.30. The van der Waals surface area contributed by atoms with E-state index in [4.69, 9.17) is 9.47 Å². The first-order valence-electron chi connectivity index (χ1n) is 8.48. The van der Waals surface area contributed by atoms with E-state index in [-0.39, 0.29) is 12.0 Å². The Morgan fingerprint density at radius 2 is 1.70 bits per heavy atom. The van der Waals surface area contributed by atoms with Crippen LogP contribution in [0.5, 0.6) is 0 Å². The highest BCUT2D eigenvalue weighted by molar-refractivity contribution is 5.81. The lowest BCUT2D eigenvalue weighted by Crippen LogP contribution is -2.47. The van der Waals surface area contributed by atoms with Crippen LogP contribution in [0.2, 0.25) is 0 Å². The van der Waals surface area contributed by atoms with E-state index in [1.807, 2.05) is 0 Å². The topological polar surface area (TPSA) is 76.1 Å². The first kappa shape index (κ1) is 18.0. The number of hydrogen-bond donors (Lipinski definition) is 1. The number of methoxy groups -OCH3 is 1. The molecule has 1 amide bonds. The van der Waals surface area contributed by atoms with Gasteiger partial charge in [-0.15, -0.1) is 0 Å². The van der Waals surface area contributed by atoms with Crippen LogP contribution in [0.25, 0.3) is 0 Å². The molecule has 132 valence electrons. The van der Waals surface area contributed by atoms with Crippen molar-refractivity contribution in [3.8, 4) is 0 Å². The summed E-state index contributed by atoms with van der Waals surface area (Å²) in [4.78, 5) is 25.5. The van der Waals surface area contributed by atoms with Gasteiger partial charge in [-0.1, -0.05) is 0 Å². The summed E-state index contributed by atoms with van der Waals surface area (Å²) in [5.74, 6) is -0.569. The molecule has 0 aromatic rings. The Bertz CT molecular complexity index is 437. The molecule has 0 spiro atoms. The molecule has 1 N–H and O–H groups in total. The molecular formula is C17H29NO5. The van der Waals surface area contributed by atoms with Gasteiger partial charge in [0.05, 0.1) is 6.10 Å². The SMILES string of the molecule is CO[C@H]1CC[C@H]([C@@H]2CCN(C(=O)OC(C)(C)C)[C@@H]2C(=O)O)CC1. The van der Waals surface area contributed by atoms with Gasteiger partial charge in [0, 0.05) is 13.7 Å². The third-order valence-electron chi connectivity index (χ3n) is 4.98. The Labute approximate surface area is 138 Å². The Balaban J connectivity index is 2.05. The van der Waals surface area contributed by atoms with Crippen LogP contribution in [-0.2, 0) is 14.3 Å². The molecule has 1 aliphatic heterocycles. The lowest BCUT2D eigenvalue weighted by molar-refractivity contribution is -0.144. The number of hydrogen-bond acceptors (Lipinski definition) is 4. The molecule has 2 atom stereocenters. The molecular weight excluding hydrogens is 298 g/mol. The lowest BCUT2D eigenvalue weighted by Gasteiger charge is -2.34. The molecule has 0 radical (unpaired) electrons. The third-order valence-corrected chi connectivity index (χ3v) is 4.98. The maximum Gasteiger partial charge on any atom is 0.411 e. The minimum atomic E-state index is -0.924. The van der Waals surface area contributed by atoms with Crippen LogP contribution in [0, 0.1) is 11.8 Å². The van der Waals surface area contributed by atoms with Crippen molar-refractivity contribution in [3.05, 3.63) is 0 Å². The summed E-state index contributed by atoms with van der Waals surface area (Å²) >= 11 is 0. The minimum absolute atomic E-state index is 0.0119. The van der Waals surface area contributed by atoms with Crippen LogP contribution >= 0.6 is 0 Å². The highest BCUT2D eigenvalue weighted by Gasteiger charge is 2.47. The number of ether oxygens (including phenoxy) is 2. The first-order chi connectivity index (χ1) is 10.7. The van der Waals surface area contributed by atoms with Gasteiger partial charge in [0.1, 0.15) is 11.6 Å². The van der Waals surface area contributed by atoms with E-state index in [0.29, 0.717) is 12.5 Å². The van der Waals surface area contributed by atoms with Gasteiger partial charge in [-0.2, -0.15) is 0 Å². The average molecular weight is 327 g/mol. The average Bonchev–Trinajstić information content (AvgIpc) is 2.90. The molecule has 1 saturated heterocycles. The van der Waals surface area contributed by atoms with Gasteiger partial charge in [-0.3, -0.25) is 4.90 Å². The van der Waals surface area contributed by atoms with E-state index in [9.17, 15) is 14.7 Å². The van der Waals surface area contributed by atoms with E-state index < -0.39 is 23.7 Å². The van der Waals surface area contributed by atoms with E-state index in [1.54, 1.807) is 27.9 Å². The summed E-state index contributed by atoms with van der Waals surface area (Å²) in [6.07, 6.45) is 4.38. The summed E-state index contributed by atoms with van der Waals surface area (Å²) in [6, 6.07) is -0.769. The van der Waals surface area contributed by atoms with Crippen LogP contribution in [-0.4, -0.2) is 53.5 Å². The van der Waals surface area contributed by atoms with Crippen molar-refractivity contribution in [2.24, 2.45) is 11.8 Å². The van der Waals surface area contributed by atoms with Gasteiger partial charge >= 0.3 is 12.1 Å². The molecule has 2 fully saturated rings. The normalized spacial score (nSPS) is 31.9. The van der Waals surface area contributed by atoms with Gasteiger partial charge in [0.15, 0.2) is 0 Å². The molecule has 0 aromatic carbocycles. The lowest BCUT2D eigenvalue weighted by atomic mass is 9.76. The van der Waals surface area contributed by atoms with Crippen molar-refractivity contribution in [3.63, 3.8) is 0 Å². The van der Waals surface area contributed by atoms with E-state index in [0.717, 1.165) is 32.1 Å². The first-order valence-corrected chi connectivity index (χ1v) is 8.48. The molecule has 2 aliphatic rings. The van der Waals surface area contributed by atoms with Crippen LogP contribution < -0.4 is 0 Å². The van der Waals surface area contributed by atoms with Gasteiger partial charge in [-0.25, -0.2) is 9.59 Å². The van der Waals surface area contributed by atoms with E-state index in [1.165, 1.54) is 4.90 Å². The molecule has 23 heavy (non-hydrogen) atoms. The number of carboxylic acids is 1. The number of likely N-dealkylation sites (tertiary alicyclic amines) is 1. The van der Waals surface area contributed by atoms with Crippen molar-refractivity contribution in [2.75, 3.05) is 13.7 Å². The molecule has 1 heterocycles. The van der Waals surface area contributed by atoms with E-state index in [2.05, 4.69) is 0 Å². The summed E-state index contributed by atoms with van der Waals surface area (Å²) in [5.41, 5.74) is -0.616. The van der Waals surface area contributed by atoms with Crippen LogP contribution in [0.15, 0.2) is 0 Å². The highest BCUT2D eigenvalue weighted by Crippen LogP contribution is 2.40. The summed E-state index contributed by atoms with van der Waals surface area (Å²) in [6.45, 7) is 5.83. The number of aliphatic carboxylic acids is 1. The van der Waals surface area contributed by atoms with E-state index >= 15 is 0 Å². The highest BCUT2D eigenvalue weighted by atomic mass is 16.6. The monoisotopic (exact) mass is 327 g/mol. The predicted octanol–water partition coefficient (Wildman–Crippen LogP) is 2.90. The molecule has 0 bridgehead atoms. The van der Waals surface area contributed by atoms with Crippen LogP contribution in [0.3, 0.4) is 0 Å². The zero-order chi connectivity index (χ0) is 17.2. The predicted molar refractivity (Wildman–Crippen MR) is 85.2 cm³/mol. The maximum absolute atomic E-state index is 12.3.